The third kappa shape index (κ3) is 3.65. The van der Waals surface area contributed by atoms with E-state index in [1.165, 1.54) is 18.5 Å². The van der Waals surface area contributed by atoms with Crippen LogP contribution in [0.3, 0.4) is 0 Å². The average Bonchev–Trinajstić information content (AvgIpc) is 3.27. The van der Waals surface area contributed by atoms with Gasteiger partial charge in [0.1, 0.15) is 5.52 Å². The number of carbonyl (C=O) groups excluding carboxylic acids is 1. The van der Waals surface area contributed by atoms with Gasteiger partial charge in [0.15, 0.2) is 0 Å². The summed E-state index contributed by atoms with van der Waals surface area (Å²) in [6.07, 6.45) is -4.36. The van der Waals surface area contributed by atoms with Crippen molar-refractivity contribution in [3.8, 4) is 0 Å². The lowest BCUT2D eigenvalue weighted by molar-refractivity contribution is -1.47. The summed E-state index contributed by atoms with van der Waals surface area (Å²) < 4.78 is 39.4. The van der Waals surface area contributed by atoms with Crippen molar-refractivity contribution in [3.63, 3.8) is 0 Å². The molecule has 4 rings (SSSR count). The van der Waals surface area contributed by atoms with Gasteiger partial charge in [-0.05, 0) is 29.8 Å². The van der Waals surface area contributed by atoms with Crippen LogP contribution in [0, 0.1) is 10.4 Å². The summed E-state index contributed by atoms with van der Waals surface area (Å²) in [5.74, 6) is -0.801. The summed E-state index contributed by atoms with van der Waals surface area (Å²) in [7, 11) is 0. The van der Waals surface area contributed by atoms with Crippen LogP contribution < -0.4 is 26.7 Å². The average molecular weight is 409 g/mol. The molecular weight excluding hydrogens is 395 g/mol. The second kappa shape index (κ2) is 7.07. The Morgan fingerprint density at radius 3 is 2.69 bits per heavy atom. The van der Waals surface area contributed by atoms with Gasteiger partial charge in [0.2, 0.25) is 6.17 Å². The minimum atomic E-state index is -4.64. The van der Waals surface area contributed by atoms with Crippen LogP contribution in [0.15, 0.2) is 42.7 Å². The van der Waals surface area contributed by atoms with Crippen molar-refractivity contribution in [2.75, 3.05) is 5.32 Å². The van der Waals surface area contributed by atoms with Crippen LogP contribution in [-0.2, 0) is 6.18 Å². The molecule has 3 aromatic rings. The number of amides is 1. The number of rotatable bonds is 3. The Bertz CT molecular complexity index is 1070. The number of nitrogens with zero attached hydrogens (tertiary/aromatic N) is 1. The molecule has 152 valence electrons. The van der Waals surface area contributed by atoms with Gasteiger partial charge in [-0.3, -0.25) is 4.79 Å². The molecule has 10 nitrogen and oxygen atoms in total. The van der Waals surface area contributed by atoms with Gasteiger partial charge in [-0.25, -0.2) is 4.98 Å². The maximum atomic E-state index is 13.1. The number of hydroxylamine groups is 1. The van der Waals surface area contributed by atoms with Crippen LogP contribution in [0.2, 0.25) is 0 Å². The van der Waals surface area contributed by atoms with E-state index in [9.17, 15) is 28.4 Å². The van der Waals surface area contributed by atoms with Crippen molar-refractivity contribution in [2.24, 2.45) is 0 Å². The molecule has 0 radical (unpaired) electrons. The molecule has 0 spiro atoms. The molecule has 1 fully saturated rings. The number of hydrazine groups is 1. The number of H-pyrrole nitrogens is 1. The molecule has 3 atom stereocenters. The van der Waals surface area contributed by atoms with Gasteiger partial charge < -0.3 is 20.7 Å². The Morgan fingerprint density at radius 1 is 1.21 bits per heavy atom. The van der Waals surface area contributed by atoms with Crippen LogP contribution in [0.25, 0.3) is 11.0 Å². The van der Waals surface area contributed by atoms with E-state index in [1.54, 1.807) is 12.1 Å². The van der Waals surface area contributed by atoms with Crippen molar-refractivity contribution in [2.45, 2.75) is 12.3 Å². The van der Waals surface area contributed by atoms with Crippen LogP contribution in [0.5, 0.6) is 0 Å². The summed E-state index contributed by atoms with van der Waals surface area (Å²) >= 11 is 0. The van der Waals surface area contributed by atoms with Gasteiger partial charge in [-0.2, -0.15) is 18.3 Å². The zero-order valence-corrected chi connectivity index (χ0v) is 14.4. The molecule has 29 heavy (non-hydrogen) atoms. The minimum absolute atomic E-state index is 0.0732. The standard InChI is InChI=1S/C16H14F3N7O3/c17-16(18,19)9-5-11(13-12(6-9)20-7-21-13)15(27)22-10-3-1-2-8(4-10)14-23-24-26(29)25(14)28/h1-7,14,23-26H,(H,20,21)(H,22,27). The van der Waals surface area contributed by atoms with Crippen molar-refractivity contribution < 1.29 is 28.4 Å². The van der Waals surface area contributed by atoms with Crippen LogP contribution in [0.1, 0.15) is 27.7 Å². The number of nitrogens with one attached hydrogen (secondary N) is 6. The fourth-order valence-corrected chi connectivity index (χ4v) is 3.01. The molecule has 1 aliphatic heterocycles. The fourth-order valence-electron chi connectivity index (χ4n) is 3.01. The first-order valence-electron chi connectivity index (χ1n) is 8.29. The number of anilines is 1. The van der Waals surface area contributed by atoms with E-state index in [0.29, 0.717) is 5.56 Å². The van der Waals surface area contributed by atoms with Gasteiger partial charge in [0, 0.05) is 11.3 Å². The smallest absolute Gasteiger partial charge is 0.416 e. The maximum absolute atomic E-state index is 13.1. The second-order valence-electron chi connectivity index (χ2n) is 6.30. The number of alkyl halides is 3. The molecule has 2 aromatic carbocycles. The number of aromatic nitrogens is 2. The predicted molar refractivity (Wildman–Crippen MR) is 93.2 cm³/mol. The Kier molecular flexibility index (Phi) is 4.70. The highest BCUT2D eigenvalue weighted by Gasteiger charge is 2.33. The van der Waals surface area contributed by atoms with Crippen molar-refractivity contribution in [3.05, 3.63) is 69.8 Å². The van der Waals surface area contributed by atoms with Gasteiger partial charge in [-0.1, -0.05) is 12.1 Å². The molecule has 1 saturated heterocycles. The first-order chi connectivity index (χ1) is 13.7. The number of imidazole rings is 1. The summed E-state index contributed by atoms with van der Waals surface area (Å²) in [5.41, 5.74) is 4.29. The van der Waals surface area contributed by atoms with E-state index < -0.39 is 34.3 Å². The molecule has 0 bridgehead atoms. The molecule has 3 unspecified atom stereocenters. The van der Waals surface area contributed by atoms with Crippen LogP contribution >= 0.6 is 0 Å². The van der Waals surface area contributed by atoms with E-state index in [1.807, 2.05) is 0 Å². The molecular formula is C16H14F3N7O3. The van der Waals surface area contributed by atoms with Gasteiger partial charge >= 0.3 is 6.18 Å². The van der Waals surface area contributed by atoms with Crippen molar-refractivity contribution in [1.82, 2.24) is 20.9 Å². The lowest BCUT2D eigenvalue weighted by Crippen LogP contribution is -3.55. The topological polar surface area (TPSA) is 137 Å². The SMILES string of the molecule is O=C(Nc1cccc(C2NN[NH+]([O-])[NH+]2[O-])c1)c1cc(C(F)(F)F)cc2[nH]cnc12. The number of fused-ring (bicyclic) bond motifs is 1. The largest absolute Gasteiger partial charge is 0.580 e. The van der Waals surface area contributed by atoms with Crippen LogP contribution in [-0.4, -0.2) is 15.9 Å². The van der Waals surface area contributed by atoms with E-state index >= 15 is 0 Å². The normalized spacial score (nSPS) is 22.2. The summed E-state index contributed by atoms with van der Waals surface area (Å²) in [4.78, 5) is 19.2. The van der Waals surface area contributed by atoms with E-state index in [-0.39, 0.29) is 22.3 Å². The molecule has 13 heteroatoms. The number of hydrogen-bond acceptors (Lipinski definition) is 6. The fraction of sp³-hybridized carbons (Fsp3) is 0.125. The number of halogens is 3. The number of hydrogen-bond donors (Lipinski definition) is 6. The van der Waals surface area contributed by atoms with Crippen molar-refractivity contribution >= 4 is 22.6 Å². The maximum Gasteiger partial charge on any atom is 0.416 e. The summed E-state index contributed by atoms with van der Waals surface area (Å²) in [6, 6.07) is 7.67. The highest BCUT2D eigenvalue weighted by Crippen LogP contribution is 2.32. The van der Waals surface area contributed by atoms with Gasteiger partial charge in [-0.15, -0.1) is 10.7 Å². The lowest BCUT2D eigenvalue weighted by Gasteiger charge is -2.26. The van der Waals surface area contributed by atoms with Crippen molar-refractivity contribution in [1.29, 1.82) is 0 Å². The summed E-state index contributed by atoms with van der Waals surface area (Å²) in [6.45, 7) is 0. The quantitative estimate of drug-likeness (QED) is 0.324. The minimum Gasteiger partial charge on any atom is -0.580 e. The number of aromatic amines is 1. The number of benzene rings is 2. The highest BCUT2D eigenvalue weighted by atomic mass is 19.4. The zero-order chi connectivity index (χ0) is 20.8. The Balaban J connectivity index is 1.64. The Hall–Kier alpha value is -3.07. The molecule has 2 heterocycles. The Labute approximate surface area is 160 Å². The van der Waals surface area contributed by atoms with Gasteiger partial charge in [0.05, 0.1) is 23.0 Å². The third-order valence-corrected chi connectivity index (χ3v) is 4.39. The molecule has 0 aliphatic carbocycles. The lowest BCUT2D eigenvalue weighted by atomic mass is 10.1. The molecule has 6 N–H and O–H groups in total. The third-order valence-electron chi connectivity index (χ3n) is 4.39. The Morgan fingerprint density at radius 2 is 2.00 bits per heavy atom. The zero-order valence-electron chi connectivity index (χ0n) is 14.4. The highest BCUT2D eigenvalue weighted by molar-refractivity contribution is 6.11. The van der Waals surface area contributed by atoms with Gasteiger partial charge in [0.25, 0.3) is 5.91 Å². The molecule has 1 amide bonds. The first-order valence-corrected chi connectivity index (χ1v) is 8.29. The predicted octanol–water partition coefficient (Wildman–Crippen LogP) is -0.464. The number of carbonyl (C=O) groups is 1. The second-order valence-corrected chi connectivity index (χ2v) is 6.30. The summed E-state index contributed by atoms with van der Waals surface area (Å²) in [5, 5.41) is 24.2. The van der Waals surface area contributed by atoms with E-state index in [4.69, 9.17) is 0 Å². The monoisotopic (exact) mass is 409 g/mol. The first kappa shape index (κ1) is 19.3. The molecule has 1 aliphatic rings. The van der Waals surface area contributed by atoms with Crippen LogP contribution in [0.4, 0.5) is 18.9 Å². The number of quaternary nitrogens is 2. The van der Waals surface area contributed by atoms with E-state index in [0.717, 1.165) is 12.1 Å². The van der Waals surface area contributed by atoms with E-state index in [2.05, 4.69) is 26.2 Å². The molecule has 0 saturated carbocycles. The molecule has 1 aromatic heterocycles.